The number of carbonyl (C=O) groups is 2. The van der Waals surface area contributed by atoms with Gasteiger partial charge in [0.25, 0.3) is 0 Å². The van der Waals surface area contributed by atoms with E-state index in [1.54, 1.807) is 0 Å². The number of ketones is 1. The summed E-state index contributed by atoms with van der Waals surface area (Å²) in [6.45, 7) is 0.903. The van der Waals surface area contributed by atoms with Gasteiger partial charge in [-0.1, -0.05) is 91.0 Å². The van der Waals surface area contributed by atoms with Gasteiger partial charge in [-0.25, -0.2) is 0 Å². The normalized spacial score (nSPS) is 20.6. The molecule has 0 bridgehead atoms. The first-order valence-electron chi connectivity index (χ1n) is 11.3. The summed E-state index contributed by atoms with van der Waals surface area (Å²) in [5.41, 5.74) is 1.69. The molecule has 1 fully saturated rings. The molecule has 6 nitrogen and oxygen atoms in total. The van der Waals surface area contributed by atoms with E-state index < -0.39 is 29.9 Å². The first kappa shape index (κ1) is 23.8. The lowest BCUT2D eigenvalue weighted by Gasteiger charge is -2.39. The Bertz CT molecular complexity index is 987. The van der Waals surface area contributed by atoms with E-state index in [0.29, 0.717) is 0 Å². The van der Waals surface area contributed by atoms with Crippen molar-refractivity contribution >= 4 is 11.8 Å². The maximum Gasteiger partial charge on any atom is 0.303 e. The molecule has 0 radical (unpaired) electrons. The number of hydrogen-bond acceptors (Lipinski definition) is 6. The second-order valence-corrected chi connectivity index (χ2v) is 8.27. The average Bonchev–Trinajstić information content (AvgIpc) is 2.88. The van der Waals surface area contributed by atoms with Crippen molar-refractivity contribution in [2.45, 2.75) is 37.3 Å². The van der Waals surface area contributed by atoms with Crippen LogP contribution < -0.4 is 0 Å². The molecule has 0 spiro atoms. The lowest BCUT2D eigenvalue weighted by atomic mass is 9.80. The van der Waals surface area contributed by atoms with Crippen LogP contribution in [0.1, 0.15) is 30.0 Å². The summed E-state index contributed by atoms with van der Waals surface area (Å²) in [5.74, 6) is -0.867. The second kappa shape index (κ2) is 10.7. The van der Waals surface area contributed by atoms with Crippen molar-refractivity contribution < 1.29 is 28.9 Å². The topological polar surface area (TPSA) is 82.1 Å². The third-order valence-corrected chi connectivity index (χ3v) is 5.95. The highest BCUT2D eigenvalue weighted by molar-refractivity contribution is 5.87. The van der Waals surface area contributed by atoms with Gasteiger partial charge in [0.05, 0.1) is 19.3 Å². The molecule has 1 aliphatic heterocycles. The number of aliphatic hydroxyl groups is 1. The van der Waals surface area contributed by atoms with Crippen LogP contribution in [-0.2, 0) is 29.4 Å². The van der Waals surface area contributed by atoms with Gasteiger partial charge in [-0.2, -0.15) is 0 Å². The minimum Gasteiger partial charge on any atom is -0.452 e. The van der Waals surface area contributed by atoms with Crippen molar-refractivity contribution in [2.75, 3.05) is 13.2 Å². The summed E-state index contributed by atoms with van der Waals surface area (Å²) in [5, 5.41) is 9.63. The fourth-order valence-electron chi connectivity index (χ4n) is 4.44. The molecule has 0 aromatic heterocycles. The Morgan fingerprint density at radius 3 is 1.79 bits per heavy atom. The Hall–Kier alpha value is -3.32. The van der Waals surface area contributed by atoms with Gasteiger partial charge in [0, 0.05) is 13.3 Å². The van der Waals surface area contributed by atoms with Gasteiger partial charge < -0.3 is 19.3 Å². The van der Waals surface area contributed by atoms with Crippen LogP contribution in [0.15, 0.2) is 91.0 Å². The van der Waals surface area contributed by atoms with Crippen molar-refractivity contribution in [1.82, 2.24) is 0 Å². The van der Waals surface area contributed by atoms with Crippen LogP contribution in [0, 0.1) is 0 Å². The Balaban J connectivity index is 1.78. The molecule has 3 aromatic rings. The summed E-state index contributed by atoms with van der Waals surface area (Å²) < 4.78 is 18.0. The largest absolute Gasteiger partial charge is 0.452 e. The average molecular weight is 461 g/mol. The minimum atomic E-state index is -1.10. The van der Waals surface area contributed by atoms with Gasteiger partial charge >= 0.3 is 5.97 Å². The third-order valence-electron chi connectivity index (χ3n) is 5.95. The molecule has 4 rings (SSSR count). The van der Waals surface area contributed by atoms with Gasteiger partial charge in [0.15, 0.2) is 11.9 Å². The number of aliphatic hydroxyl groups excluding tert-OH is 1. The number of benzene rings is 3. The molecular formula is C28H28O6. The standard InChI is InChI=1S/C28H28O6/c1-20(30)33-27-25(31)17-24(18-29)34-26(27)19-32-28(21-11-5-2-6-12-21,22-13-7-3-8-14-22)23-15-9-4-10-16-23/h2-16,24,26-27,29H,17-19H2,1H3/t24-,26-,27+/m0/s1. The molecule has 1 aliphatic rings. The van der Waals surface area contributed by atoms with Crippen LogP contribution in [0.3, 0.4) is 0 Å². The Labute approximate surface area is 199 Å². The van der Waals surface area contributed by atoms with Gasteiger partial charge in [-0.05, 0) is 16.7 Å². The fraction of sp³-hybridized carbons (Fsp3) is 0.286. The summed E-state index contributed by atoms with van der Waals surface area (Å²) >= 11 is 0. The van der Waals surface area contributed by atoms with E-state index in [0.717, 1.165) is 16.7 Å². The predicted molar refractivity (Wildman–Crippen MR) is 126 cm³/mol. The van der Waals surface area contributed by atoms with Crippen LogP contribution in [0.25, 0.3) is 0 Å². The van der Waals surface area contributed by atoms with E-state index in [1.165, 1.54) is 6.92 Å². The molecule has 176 valence electrons. The minimum absolute atomic E-state index is 0.0217. The zero-order valence-corrected chi connectivity index (χ0v) is 19.0. The number of rotatable bonds is 8. The number of carbonyl (C=O) groups excluding carboxylic acids is 2. The quantitative estimate of drug-likeness (QED) is 0.408. The zero-order valence-electron chi connectivity index (χ0n) is 19.0. The van der Waals surface area contributed by atoms with Gasteiger partial charge in [-0.15, -0.1) is 0 Å². The molecule has 0 amide bonds. The van der Waals surface area contributed by atoms with Crippen LogP contribution in [0.5, 0.6) is 0 Å². The summed E-state index contributed by atoms with van der Waals surface area (Å²) in [6.07, 6.45) is -2.66. The van der Waals surface area contributed by atoms with E-state index in [1.807, 2.05) is 91.0 Å². The highest BCUT2D eigenvalue weighted by Gasteiger charge is 2.43. The highest BCUT2D eigenvalue weighted by atomic mass is 16.6. The Morgan fingerprint density at radius 2 is 1.38 bits per heavy atom. The highest BCUT2D eigenvalue weighted by Crippen LogP contribution is 2.41. The summed E-state index contributed by atoms with van der Waals surface area (Å²) in [7, 11) is 0. The summed E-state index contributed by atoms with van der Waals surface area (Å²) in [4.78, 5) is 24.4. The van der Waals surface area contributed by atoms with E-state index in [-0.39, 0.29) is 25.4 Å². The fourth-order valence-corrected chi connectivity index (χ4v) is 4.44. The Morgan fingerprint density at radius 1 is 0.912 bits per heavy atom. The second-order valence-electron chi connectivity index (χ2n) is 8.27. The maximum absolute atomic E-state index is 12.7. The van der Waals surface area contributed by atoms with Crippen molar-refractivity contribution in [3.63, 3.8) is 0 Å². The molecule has 1 N–H and O–H groups in total. The molecule has 1 saturated heterocycles. The molecule has 3 aromatic carbocycles. The monoisotopic (exact) mass is 460 g/mol. The third kappa shape index (κ3) is 4.94. The van der Waals surface area contributed by atoms with Gasteiger partial charge in [0.2, 0.25) is 0 Å². The van der Waals surface area contributed by atoms with Crippen LogP contribution >= 0.6 is 0 Å². The van der Waals surface area contributed by atoms with Gasteiger partial charge in [-0.3, -0.25) is 9.59 Å². The molecule has 34 heavy (non-hydrogen) atoms. The van der Waals surface area contributed by atoms with Crippen LogP contribution in [-0.4, -0.2) is 48.4 Å². The molecule has 0 unspecified atom stereocenters. The number of esters is 1. The van der Waals surface area contributed by atoms with E-state index in [9.17, 15) is 14.7 Å². The molecular weight excluding hydrogens is 432 g/mol. The molecule has 3 atom stereocenters. The molecule has 0 aliphatic carbocycles. The SMILES string of the molecule is CC(=O)O[C@@H]1C(=O)C[C@@H](CO)O[C@H]1COC(c1ccccc1)(c1ccccc1)c1ccccc1. The smallest absolute Gasteiger partial charge is 0.303 e. The summed E-state index contributed by atoms with van der Waals surface area (Å²) in [6, 6.07) is 29.5. The van der Waals surface area contributed by atoms with Crippen LogP contribution in [0.2, 0.25) is 0 Å². The predicted octanol–water partition coefficient (Wildman–Crippen LogP) is 3.65. The lowest BCUT2D eigenvalue weighted by Crippen LogP contribution is -2.52. The lowest BCUT2D eigenvalue weighted by molar-refractivity contribution is -0.191. The van der Waals surface area contributed by atoms with Crippen molar-refractivity contribution in [1.29, 1.82) is 0 Å². The molecule has 1 heterocycles. The number of hydrogen-bond donors (Lipinski definition) is 1. The maximum atomic E-state index is 12.7. The van der Waals surface area contributed by atoms with Crippen molar-refractivity contribution in [3.8, 4) is 0 Å². The number of ether oxygens (including phenoxy) is 3. The first-order chi connectivity index (χ1) is 16.5. The van der Waals surface area contributed by atoms with E-state index in [4.69, 9.17) is 14.2 Å². The molecule has 6 heteroatoms. The van der Waals surface area contributed by atoms with E-state index in [2.05, 4.69) is 0 Å². The molecule has 0 saturated carbocycles. The number of Topliss-reactive ketones (excluding diaryl/α,β-unsaturated/α-hetero) is 1. The zero-order chi connectivity index (χ0) is 24.0. The van der Waals surface area contributed by atoms with Crippen molar-refractivity contribution in [2.24, 2.45) is 0 Å². The first-order valence-corrected chi connectivity index (χ1v) is 11.3. The Kier molecular flexibility index (Phi) is 7.53. The van der Waals surface area contributed by atoms with Gasteiger partial charge in [0.1, 0.15) is 11.7 Å². The van der Waals surface area contributed by atoms with Crippen molar-refractivity contribution in [3.05, 3.63) is 108 Å². The van der Waals surface area contributed by atoms with E-state index >= 15 is 0 Å². The van der Waals surface area contributed by atoms with Crippen LogP contribution in [0.4, 0.5) is 0 Å².